The van der Waals surface area contributed by atoms with Gasteiger partial charge in [-0.2, -0.15) is 29.9 Å². The highest BCUT2D eigenvalue weighted by Crippen LogP contribution is 2.27. The number of aliphatic hydroxyl groups is 1. The number of furan rings is 2. The maximum Gasteiger partial charge on any atom is 0.296 e. The Morgan fingerprint density at radius 2 is 1.27 bits per heavy atom. The van der Waals surface area contributed by atoms with E-state index in [4.69, 9.17) is 58.2 Å². The normalized spacial score (nSPS) is 11.8. The number of carbonyl (C=O) groups excluding carboxylic acids is 1. The van der Waals surface area contributed by atoms with Gasteiger partial charge < -0.3 is 80.2 Å². The molecule has 0 aromatic carbocycles. The molecule has 99 heavy (non-hydrogen) atoms. The number of anilines is 5. The molecule has 0 atom stereocenters. The van der Waals surface area contributed by atoms with Gasteiger partial charge in [-0.3, -0.25) is 9.78 Å². The number of thiazole rings is 1. The second-order valence-electron chi connectivity index (χ2n) is 20.3. The fraction of sp³-hybridized carbons (Fsp3) is 0.190. The number of hydrogen-bond acceptors (Lipinski definition) is 30. The minimum Gasteiger partial charge on any atom is -0.467 e. The lowest BCUT2D eigenvalue weighted by Crippen LogP contribution is -2.38. The minimum absolute atomic E-state index is 0.0411. The molecule has 0 saturated carbocycles. The van der Waals surface area contributed by atoms with Gasteiger partial charge >= 0.3 is 0 Å². The van der Waals surface area contributed by atoms with Crippen molar-refractivity contribution in [2.24, 2.45) is 0 Å². The Morgan fingerprint density at radius 3 is 1.93 bits per heavy atom. The molecule has 41 heteroatoms. The van der Waals surface area contributed by atoms with Crippen molar-refractivity contribution in [3.63, 3.8) is 0 Å². The average molecular weight is 1640 g/mol. The number of pyridine rings is 1. The summed E-state index contributed by atoms with van der Waals surface area (Å²) in [5, 5.41) is 31.7. The number of hydrogen-bond donors (Lipinski definition) is 12. The zero-order chi connectivity index (χ0) is 68.6. The first kappa shape index (κ1) is 68.7. The lowest BCUT2D eigenvalue weighted by molar-refractivity contribution is -0.0827. The Labute approximate surface area is 603 Å². The van der Waals surface area contributed by atoms with Gasteiger partial charge in [0.2, 0.25) is 15.9 Å². The number of nitrogens with one attached hydrogen (secondary N) is 11. The quantitative estimate of drug-likeness (QED) is 0.0265. The van der Waals surface area contributed by atoms with Crippen LogP contribution in [0.25, 0.3) is 55.7 Å². The van der Waals surface area contributed by atoms with E-state index in [1.807, 2.05) is 55.0 Å². The van der Waals surface area contributed by atoms with Crippen LogP contribution in [0.15, 0.2) is 113 Å². The monoisotopic (exact) mass is 1640 g/mol. The fourth-order valence-electron chi connectivity index (χ4n) is 8.95. The van der Waals surface area contributed by atoms with Crippen molar-refractivity contribution in [2.75, 3.05) is 46.8 Å². The Morgan fingerprint density at radius 1 is 0.636 bits per heavy atom. The Balaban J connectivity index is 0.000000118. The number of carbonyl (C=O) groups is 1. The van der Waals surface area contributed by atoms with Crippen LogP contribution < -0.4 is 36.6 Å². The highest BCUT2D eigenvalue weighted by atomic mass is 127. The molecule has 0 spiro atoms. The number of fused-ring (bicyclic) bond motifs is 5. The summed E-state index contributed by atoms with van der Waals surface area (Å²) in [5.74, 6) is 4.90. The molecule has 12 N–H and O–H groups in total. The number of amides is 1. The van der Waals surface area contributed by atoms with Crippen LogP contribution in [0.3, 0.4) is 0 Å². The largest absolute Gasteiger partial charge is 0.467 e. The Kier molecular flexibility index (Phi) is 22.8. The Hall–Kier alpha value is -10.2. The van der Waals surface area contributed by atoms with Gasteiger partial charge in [0.1, 0.15) is 74.9 Å². The topological polar surface area (TPSA) is 465 Å². The van der Waals surface area contributed by atoms with Gasteiger partial charge in [0.25, 0.3) is 11.9 Å². The first-order valence-electron chi connectivity index (χ1n) is 29.3. The van der Waals surface area contributed by atoms with Crippen molar-refractivity contribution >= 4 is 182 Å². The number of aryl methyl sites for hydroxylation is 1. The molecule has 0 bridgehead atoms. The molecule has 1 aliphatic heterocycles. The molecule has 506 valence electrons. The van der Waals surface area contributed by atoms with Crippen molar-refractivity contribution < 1.29 is 28.2 Å². The van der Waals surface area contributed by atoms with Crippen molar-refractivity contribution in [1.29, 1.82) is 0 Å². The van der Waals surface area contributed by atoms with E-state index in [9.17, 15) is 4.79 Å². The molecule has 0 radical (unpaired) electrons. The molecule has 0 aliphatic carbocycles. The van der Waals surface area contributed by atoms with E-state index in [-0.39, 0.29) is 40.3 Å². The van der Waals surface area contributed by atoms with Crippen LogP contribution >= 0.6 is 91.3 Å². The zero-order valence-corrected chi connectivity index (χ0v) is 58.8. The maximum atomic E-state index is 11.6. The SMILES string of the molecule is CNC(=O)c1nc2nc(Cl)nc(NCc3ccco3)c2[nH]1.Cc1cnccc1CNc1nc(Cl)nc2[nH]ccc12.Ic1nc(NCc2ccco2)c2[nH]cnc2n1.Ic1nc(NCc2nccs2)c2[nH]c(OC3COC3)nc2n1.OCc1nc2nc(Cl)nc(NCc3ccncn3)c2[nH]1. The van der Waals surface area contributed by atoms with Crippen LogP contribution in [-0.2, 0) is 44.1 Å². The van der Waals surface area contributed by atoms with Crippen LogP contribution in [0.1, 0.15) is 49.8 Å². The summed E-state index contributed by atoms with van der Waals surface area (Å²) >= 11 is 23.3. The molecule has 15 aromatic rings. The van der Waals surface area contributed by atoms with E-state index in [1.165, 1.54) is 18.9 Å². The summed E-state index contributed by atoms with van der Waals surface area (Å²) < 4.78 is 22.5. The summed E-state index contributed by atoms with van der Waals surface area (Å²) in [6.07, 6.45) is 15.2. The maximum absolute atomic E-state index is 11.6. The van der Waals surface area contributed by atoms with Crippen molar-refractivity contribution in [3.8, 4) is 6.01 Å². The number of imidazole rings is 4. The molecule has 1 amide bonds. The number of nitrogens with zero attached hydrogens (tertiary/aromatic N) is 18. The van der Waals surface area contributed by atoms with Gasteiger partial charge in [0.05, 0.1) is 69.3 Å². The fourth-order valence-corrected chi connectivity index (χ4v) is 10.9. The summed E-state index contributed by atoms with van der Waals surface area (Å²) in [6, 6.07) is 13.5. The highest BCUT2D eigenvalue weighted by molar-refractivity contribution is 14.1. The van der Waals surface area contributed by atoms with Crippen molar-refractivity contribution in [3.05, 3.63) is 173 Å². The predicted molar refractivity (Wildman–Crippen MR) is 383 cm³/mol. The number of aliphatic hydroxyl groups excluding tert-OH is 1. The minimum atomic E-state index is -0.346. The Bertz CT molecular complexity index is 5140. The number of rotatable bonds is 19. The van der Waals surface area contributed by atoms with Crippen LogP contribution in [0.5, 0.6) is 6.01 Å². The summed E-state index contributed by atoms with van der Waals surface area (Å²) in [7, 11) is 1.52. The number of aromatic nitrogens is 23. The number of halogens is 5. The lowest BCUT2D eigenvalue weighted by Gasteiger charge is -2.25. The van der Waals surface area contributed by atoms with E-state index in [2.05, 4.69) is 192 Å². The second-order valence-corrected chi connectivity index (χ2v) is 24.2. The van der Waals surface area contributed by atoms with Crippen LogP contribution in [0.4, 0.5) is 29.1 Å². The molecule has 1 aliphatic rings. The molecule has 15 aromatic heterocycles. The predicted octanol–water partition coefficient (Wildman–Crippen LogP) is 9.36. The van der Waals surface area contributed by atoms with Crippen molar-refractivity contribution in [2.45, 2.75) is 52.4 Å². The molecular formula is C58H52Cl3I2N29O6S. The lowest BCUT2D eigenvalue weighted by atomic mass is 10.1. The molecule has 1 fully saturated rings. The van der Waals surface area contributed by atoms with E-state index >= 15 is 0 Å². The second kappa shape index (κ2) is 32.9. The zero-order valence-electron chi connectivity index (χ0n) is 51.4. The van der Waals surface area contributed by atoms with E-state index in [0.29, 0.717) is 117 Å². The first-order chi connectivity index (χ1) is 48.3. The number of H-pyrrole nitrogens is 5. The van der Waals surface area contributed by atoms with Crippen molar-refractivity contribution in [1.82, 2.24) is 120 Å². The van der Waals surface area contributed by atoms with Gasteiger partial charge in [-0.15, -0.1) is 11.3 Å². The third-order valence-corrected chi connectivity index (χ3v) is 15.9. The van der Waals surface area contributed by atoms with Gasteiger partial charge in [0.15, 0.2) is 59.3 Å². The molecule has 16 heterocycles. The van der Waals surface area contributed by atoms with E-state index in [0.717, 1.165) is 61.5 Å². The third-order valence-electron chi connectivity index (χ3n) is 13.7. The average Bonchev–Trinajstić information content (AvgIpc) is 1.70. The third kappa shape index (κ3) is 18.1. The number of ether oxygens (including phenoxy) is 2. The summed E-state index contributed by atoms with van der Waals surface area (Å²) in [6.45, 7) is 5.73. The molecule has 0 unspecified atom stereocenters. The molecule has 1 saturated heterocycles. The molecule has 16 rings (SSSR count). The smallest absolute Gasteiger partial charge is 0.296 e. The van der Waals surface area contributed by atoms with Gasteiger partial charge in [0, 0.05) is 95.1 Å². The number of aromatic amines is 5. The van der Waals surface area contributed by atoms with Crippen LogP contribution in [0, 0.1) is 14.6 Å². The molecule has 35 nitrogen and oxygen atoms in total. The molecular weight excluding hydrogens is 1590 g/mol. The van der Waals surface area contributed by atoms with E-state index < -0.39 is 0 Å². The standard InChI is InChI=1S/C13H12ClN5.C12H11ClN6O2.C12H11IN6O2S.C11H10ClN7O.C10H8IN5O/c1-8-6-15-4-2-9(8)7-17-12-10-3-5-16-11(10)18-13(14)19-12;1-14-11(20)10-16-7-8(15-5-6-3-2-4-21-6)18-12(13)19-9(7)17-10;13-11-17-9(15-3-7-14-1-2-22-7)8-10(18-11)19-12(16-8)21-6-4-20-5-6;12-11-18-9(14-3-6-1-2-13-5-15-6)8-10(19-11)17-7(4-20)16-8;11-10-15-8(7-9(16-10)14-5-13-7)12-4-6-2-1-3-17-6/h2-6H,7H2,1H3,(H2,16,17,18,19);2-4H,5H2,1H3,(H,14,20)(H2,15,16,17,18,19);1-2,6H,3-5H2,(H2,15,16,17,18,19);1-2,5,20H,3-4H2,(H2,14,16,17,18,19);1-3,5H,4H2,(H2,12,13,14,15,16). The highest BCUT2D eigenvalue weighted by Gasteiger charge is 2.23. The summed E-state index contributed by atoms with van der Waals surface area (Å²) in [4.78, 5) is 101. The van der Waals surface area contributed by atoms with Gasteiger partial charge in [-0.25, -0.2) is 54.8 Å². The van der Waals surface area contributed by atoms with Gasteiger partial charge in [-0.05, 0) is 95.3 Å². The van der Waals surface area contributed by atoms with Crippen LogP contribution in [-0.4, -0.2) is 152 Å². The summed E-state index contributed by atoms with van der Waals surface area (Å²) in [5.41, 5.74) is 8.44. The van der Waals surface area contributed by atoms with Gasteiger partial charge in [-0.1, -0.05) is 0 Å². The van der Waals surface area contributed by atoms with E-state index in [1.54, 1.807) is 60.9 Å². The first-order valence-corrected chi connectivity index (χ1v) is 33.4. The van der Waals surface area contributed by atoms with Crippen LogP contribution in [0.2, 0.25) is 15.9 Å².